The first-order chi connectivity index (χ1) is 22.7. The molecule has 0 N–H and O–H groups in total. The average molecular weight is 641 g/mol. The molecule has 1 aliphatic rings. The Labute approximate surface area is 279 Å². The first kappa shape index (κ1) is 26.7. The second-order valence-corrected chi connectivity index (χ2v) is 15.7. The predicted molar refractivity (Wildman–Crippen MR) is 206 cm³/mol. The van der Waals surface area contributed by atoms with Crippen molar-refractivity contribution in [2.45, 2.75) is 13.3 Å². The molecule has 1 aliphatic carbocycles. The van der Waals surface area contributed by atoms with Gasteiger partial charge in [-0.3, -0.25) is 0 Å². The van der Waals surface area contributed by atoms with Gasteiger partial charge >= 0.3 is 0 Å². The Balaban J connectivity index is 1.27. The number of allylic oxidation sites excluding steroid dienone is 1. The molecule has 0 fully saturated rings. The molecule has 218 valence electrons. The fourth-order valence-electron chi connectivity index (χ4n) is 7.41. The number of hydrogen-bond acceptors (Lipinski definition) is 3. The summed E-state index contributed by atoms with van der Waals surface area (Å²) in [5.74, 6) is 0.586. The Morgan fingerprint density at radius 2 is 0.935 bits per heavy atom. The number of benzene rings is 6. The summed E-state index contributed by atoms with van der Waals surface area (Å²) in [7, 11) is 0. The predicted octanol–water partition coefficient (Wildman–Crippen LogP) is 13.8. The van der Waals surface area contributed by atoms with Crippen LogP contribution in [0.4, 0.5) is 0 Å². The lowest BCUT2D eigenvalue weighted by molar-refractivity contribution is 0.728. The third-order valence-electron chi connectivity index (χ3n) is 9.60. The molecule has 9 aromatic rings. The van der Waals surface area contributed by atoms with Crippen LogP contribution in [0.3, 0.4) is 0 Å². The van der Waals surface area contributed by atoms with Crippen molar-refractivity contribution in [3.8, 4) is 33.4 Å². The molecule has 6 aromatic carbocycles. The largest absolute Gasteiger partial charge is 0.139 e. The Morgan fingerprint density at radius 3 is 1.48 bits per heavy atom. The van der Waals surface area contributed by atoms with E-state index in [1.807, 2.05) is 34.0 Å². The molecule has 1 unspecified atom stereocenters. The molecule has 0 aliphatic heterocycles. The Bertz CT molecular complexity index is 2560. The first-order valence-corrected chi connectivity index (χ1v) is 18.3. The van der Waals surface area contributed by atoms with Crippen molar-refractivity contribution in [2.75, 3.05) is 0 Å². The maximum atomic E-state index is 2.44. The van der Waals surface area contributed by atoms with Crippen molar-refractivity contribution in [2.24, 2.45) is 5.92 Å². The Hall–Kier alpha value is -4.54. The number of hydrogen-bond donors (Lipinski definition) is 0. The third-order valence-corrected chi connectivity index (χ3v) is 13.3. The van der Waals surface area contributed by atoms with Gasteiger partial charge in [0.2, 0.25) is 0 Å². The van der Waals surface area contributed by atoms with Crippen LogP contribution in [0, 0.1) is 5.92 Å². The summed E-state index contributed by atoms with van der Waals surface area (Å²) in [5.41, 5.74) is 9.18. The van der Waals surface area contributed by atoms with Crippen LogP contribution in [-0.4, -0.2) is 0 Å². The summed E-state index contributed by atoms with van der Waals surface area (Å²) in [6.45, 7) is 2.32. The smallest absolute Gasteiger partial charge is 0.0433 e. The fourth-order valence-corrected chi connectivity index (χ4v) is 11.4. The van der Waals surface area contributed by atoms with E-state index in [0.717, 1.165) is 6.42 Å². The zero-order valence-corrected chi connectivity index (χ0v) is 27.7. The van der Waals surface area contributed by atoms with E-state index in [0.29, 0.717) is 5.92 Å². The van der Waals surface area contributed by atoms with Crippen LogP contribution in [0.1, 0.15) is 17.4 Å². The highest BCUT2D eigenvalue weighted by Gasteiger charge is 2.20. The van der Waals surface area contributed by atoms with Gasteiger partial charge in [-0.1, -0.05) is 110 Å². The van der Waals surface area contributed by atoms with Gasteiger partial charge in [0.05, 0.1) is 0 Å². The van der Waals surface area contributed by atoms with Gasteiger partial charge < -0.3 is 0 Å². The van der Waals surface area contributed by atoms with Crippen LogP contribution in [0.15, 0.2) is 127 Å². The quantitative estimate of drug-likeness (QED) is 0.180. The van der Waals surface area contributed by atoms with Crippen molar-refractivity contribution in [1.82, 2.24) is 0 Å². The van der Waals surface area contributed by atoms with Crippen LogP contribution in [0.5, 0.6) is 0 Å². The average Bonchev–Trinajstić information content (AvgIpc) is 3.78. The Morgan fingerprint density at radius 1 is 0.478 bits per heavy atom. The van der Waals surface area contributed by atoms with E-state index in [4.69, 9.17) is 0 Å². The second kappa shape index (κ2) is 10.2. The molecular formula is C43H28S3. The van der Waals surface area contributed by atoms with E-state index in [-0.39, 0.29) is 0 Å². The van der Waals surface area contributed by atoms with Crippen LogP contribution in [0.2, 0.25) is 0 Å². The standard InChI is InChI=1S/C43H28S3/c1-25-19-20-34-37-16-8-13-31(43(37)46-40(34)21-25)28-23-26(29-11-6-14-35-32-9-2-4-17-38(32)44-41(29)35)22-27(24-28)30-12-7-15-36-33-10-3-5-18-39(33)45-42(30)36/h2-20,22-25H,21H2,1H3. The maximum Gasteiger partial charge on any atom is 0.0433 e. The zero-order valence-electron chi connectivity index (χ0n) is 25.2. The molecule has 3 heteroatoms. The van der Waals surface area contributed by atoms with E-state index in [1.54, 1.807) is 0 Å². The molecule has 0 nitrogen and oxygen atoms in total. The van der Waals surface area contributed by atoms with E-state index in [1.165, 1.54) is 94.3 Å². The summed E-state index contributed by atoms with van der Waals surface area (Å²) in [5, 5.41) is 6.74. The number of thiophene rings is 3. The van der Waals surface area contributed by atoms with Gasteiger partial charge in [0.1, 0.15) is 0 Å². The molecule has 10 rings (SSSR count). The van der Waals surface area contributed by atoms with Gasteiger partial charge in [0, 0.05) is 55.3 Å². The van der Waals surface area contributed by atoms with Gasteiger partial charge in [0.15, 0.2) is 0 Å². The summed E-state index contributed by atoms with van der Waals surface area (Å²) in [6.07, 6.45) is 5.85. The third kappa shape index (κ3) is 4.02. The summed E-state index contributed by atoms with van der Waals surface area (Å²) < 4.78 is 6.79. The minimum absolute atomic E-state index is 0.586. The molecule has 46 heavy (non-hydrogen) atoms. The lowest BCUT2D eigenvalue weighted by atomic mass is 9.91. The molecule has 3 aromatic heterocycles. The monoisotopic (exact) mass is 640 g/mol. The minimum atomic E-state index is 0.586. The molecule has 0 radical (unpaired) electrons. The van der Waals surface area contributed by atoms with Gasteiger partial charge in [-0.05, 0) is 81.6 Å². The lowest BCUT2D eigenvalue weighted by Gasteiger charge is -2.13. The van der Waals surface area contributed by atoms with Crippen molar-refractivity contribution < 1.29 is 0 Å². The Kier molecular flexibility index (Phi) is 5.93. The molecular weight excluding hydrogens is 613 g/mol. The van der Waals surface area contributed by atoms with E-state index in [9.17, 15) is 0 Å². The molecule has 1 atom stereocenters. The zero-order chi connectivity index (χ0) is 30.4. The number of rotatable bonds is 3. The maximum absolute atomic E-state index is 2.44. The second-order valence-electron chi connectivity index (χ2n) is 12.5. The van der Waals surface area contributed by atoms with Crippen LogP contribution >= 0.6 is 34.0 Å². The molecule has 0 amide bonds. The fraction of sp³-hybridized carbons (Fsp3) is 0.0698. The minimum Gasteiger partial charge on any atom is -0.139 e. The van der Waals surface area contributed by atoms with Crippen molar-refractivity contribution in [3.63, 3.8) is 0 Å². The van der Waals surface area contributed by atoms with Crippen LogP contribution in [0.25, 0.3) is 89.9 Å². The molecule has 0 saturated carbocycles. The number of fused-ring (bicyclic) bond motifs is 9. The van der Waals surface area contributed by atoms with Crippen molar-refractivity contribution in [1.29, 1.82) is 0 Å². The normalized spacial score (nSPS) is 14.7. The van der Waals surface area contributed by atoms with Crippen LogP contribution < -0.4 is 0 Å². The van der Waals surface area contributed by atoms with Crippen molar-refractivity contribution in [3.05, 3.63) is 138 Å². The molecule has 0 saturated heterocycles. The summed E-state index contributed by atoms with van der Waals surface area (Å²) in [6, 6.07) is 45.5. The van der Waals surface area contributed by atoms with E-state index in [2.05, 4.69) is 140 Å². The van der Waals surface area contributed by atoms with Crippen LogP contribution in [-0.2, 0) is 6.42 Å². The van der Waals surface area contributed by atoms with Gasteiger partial charge in [0.25, 0.3) is 0 Å². The topological polar surface area (TPSA) is 0 Å². The van der Waals surface area contributed by atoms with E-state index >= 15 is 0 Å². The molecule has 0 spiro atoms. The summed E-state index contributed by atoms with van der Waals surface area (Å²) >= 11 is 5.81. The van der Waals surface area contributed by atoms with Gasteiger partial charge in [-0.2, -0.15) is 0 Å². The summed E-state index contributed by atoms with van der Waals surface area (Å²) in [4.78, 5) is 1.51. The SMILES string of the molecule is CC1C=Cc2c(sc3c(-c4cc(-c5cccc6c5sc5ccccc56)cc(-c5cccc6c5sc5ccccc56)c4)cccc23)C1. The highest BCUT2D eigenvalue weighted by atomic mass is 32.1. The van der Waals surface area contributed by atoms with Crippen molar-refractivity contribution >= 4 is 90.5 Å². The first-order valence-electron chi connectivity index (χ1n) is 15.9. The molecule has 0 bridgehead atoms. The van der Waals surface area contributed by atoms with Gasteiger partial charge in [-0.15, -0.1) is 34.0 Å². The highest BCUT2D eigenvalue weighted by molar-refractivity contribution is 7.26. The van der Waals surface area contributed by atoms with Gasteiger partial charge in [-0.25, -0.2) is 0 Å². The highest BCUT2D eigenvalue weighted by Crippen LogP contribution is 2.47. The molecule has 3 heterocycles. The van der Waals surface area contributed by atoms with E-state index < -0.39 is 0 Å². The lowest BCUT2D eigenvalue weighted by Crippen LogP contribution is -1.99.